The van der Waals surface area contributed by atoms with Crippen LogP contribution in [0.4, 0.5) is 0 Å². The molecule has 7 heteroatoms. The molecule has 0 aliphatic heterocycles. The van der Waals surface area contributed by atoms with Gasteiger partial charge in [0.2, 0.25) is 0 Å². The van der Waals surface area contributed by atoms with Crippen LogP contribution in [0.25, 0.3) is 0 Å². The van der Waals surface area contributed by atoms with Crippen LogP contribution in [0.3, 0.4) is 0 Å². The summed E-state index contributed by atoms with van der Waals surface area (Å²) < 4.78 is 10.4. The molecule has 7 nitrogen and oxygen atoms in total. The minimum Gasteiger partial charge on any atom is -0.482 e. The van der Waals surface area contributed by atoms with Crippen LogP contribution >= 0.6 is 0 Å². The molecule has 0 fully saturated rings. The summed E-state index contributed by atoms with van der Waals surface area (Å²) in [4.78, 5) is 35.8. The fraction of sp³-hybridized carbons (Fsp3) is 0.318. The average Bonchev–Trinajstić information content (AvgIpc) is 2.70. The first-order valence-electron chi connectivity index (χ1n) is 9.25. The fourth-order valence-corrected chi connectivity index (χ4v) is 2.36. The van der Waals surface area contributed by atoms with Crippen LogP contribution in [0.2, 0.25) is 0 Å². The first-order valence-corrected chi connectivity index (χ1v) is 9.25. The standard InChI is InChI=1S/C22H26N2O5/c1-15(20(26)23-24-21(27)16-8-6-5-7-9-16)29-19(25)14-28-18-12-10-17(11-13-18)22(2,3)4/h5-13,15H,14H2,1-4H3,(H,23,26)(H,24,27)/t15-/m0/s1. The Morgan fingerprint density at radius 1 is 0.931 bits per heavy atom. The van der Waals surface area contributed by atoms with Gasteiger partial charge in [-0.05, 0) is 42.2 Å². The van der Waals surface area contributed by atoms with Crippen molar-refractivity contribution < 1.29 is 23.9 Å². The summed E-state index contributed by atoms with van der Waals surface area (Å²) in [5, 5.41) is 0. The molecule has 0 spiro atoms. The van der Waals surface area contributed by atoms with Gasteiger partial charge in [0.25, 0.3) is 11.8 Å². The van der Waals surface area contributed by atoms with Crippen molar-refractivity contribution >= 4 is 17.8 Å². The van der Waals surface area contributed by atoms with E-state index in [2.05, 4.69) is 31.6 Å². The van der Waals surface area contributed by atoms with E-state index in [9.17, 15) is 14.4 Å². The zero-order chi connectivity index (χ0) is 21.4. The largest absolute Gasteiger partial charge is 0.482 e. The third kappa shape index (κ3) is 6.95. The van der Waals surface area contributed by atoms with Crippen molar-refractivity contribution in [3.8, 4) is 5.75 Å². The number of rotatable bonds is 6. The predicted octanol–water partition coefficient (Wildman–Crippen LogP) is 2.76. The van der Waals surface area contributed by atoms with Gasteiger partial charge in [0.1, 0.15) is 5.75 Å². The lowest BCUT2D eigenvalue weighted by Gasteiger charge is -2.19. The maximum absolute atomic E-state index is 12.0. The molecular formula is C22H26N2O5. The molecule has 154 valence electrons. The van der Waals surface area contributed by atoms with Crippen molar-refractivity contribution in [1.82, 2.24) is 10.9 Å². The molecule has 0 aromatic heterocycles. The number of hydrazine groups is 1. The van der Waals surface area contributed by atoms with Crippen LogP contribution in [-0.4, -0.2) is 30.5 Å². The predicted molar refractivity (Wildman–Crippen MR) is 108 cm³/mol. The van der Waals surface area contributed by atoms with E-state index in [1.54, 1.807) is 42.5 Å². The molecule has 0 heterocycles. The normalized spacial score (nSPS) is 11.9. The second kappa shape index (κ2) is 9.73. The highest BCUT2D eigenvalue weighted by atomic mass is 16.6. The Kier molecular flexibility index (Phi) is 7.36. The topological polar surface area (TPSA) is 93.7 Å². The molecule has 0 aliphatic rings. The second-order valence-corrected chi connectivity index (χ2v) is 7.50. The van der Waals surface area contributed by atoms with E-state index in [1.165, 1.54) is 6.92 Å². The van der Waals surface area contributed by atoms with Gasteiger partial charge in [0.05, 0.1) is 0 Å². The monoisotopic (exact) mass is 398 g/mol. The molecule has 0 radical (unpaired) electrons. The minimum absolute atomic E-state index is 0.0240. The van der Waals surface area contributed by atoms with Crippen LogP contribution in [-0.2, 0) is 19.7 Å². The number of hydrogen-bond acceptors (Lipinski definition) is 5. The molecule has 2 rings (SSSR count). The summed E-state index contributed by atoms with van der Waals surface area (Å²) in [7, 11) is 0. The number of ether oxygens (including phenoxy) is 2. The summed E-state index contributed by atoms with van der Waals surface area (Å²) in [6.07, 6.45) is -1.09. The average molecular weight is 398 g/mol. The van der Waals surface area contributed by atoms with Crippen molar-refractivity contribution in [2.45, 2.75) is 39.2 Å². The number of carbonyl (C=O) groups is 3. The second-order valence-electron chi connectivity index (χ2n) is 7.50. The number of esters is 1. The minimum atomic E-state index is -1.09. The highest BCUT2D eigenvalue weighted by molar-refractivity contribution is 5.95. The van der Waals surface area contributed by atoms with Crippen LogP contribution < -0.4 is 15.6 Å². The molecule has 0 aliphatic carbocycles. The highest BCUT2D eigenvalue weighted by Gasteiger charge is 2.19. The van der Waals surface area contributed by atoms with Crippen LogP contribution in [0, 0.1) is 0 Å². The molecule has 2 aromatic carbocycles. The lowest BCUT2D eigenvalue weighted by Crippen LogP contribution is -2.47. The van der Waals surface area contributed by atoms with Gasteiger partial charge in [-0.1, -0.05) is 51.1 Å². The molecule has 1 atom stereocenters. The quantitative estimate of drug-likeness (QED) is 0.576. The molecule has 2 amide bonds. The third-order valence-electron chi connectivity index (χ3n) is 4.09. The number of benzene rings is 2. The Balaban J connectivity index is 1.75. The Morgan fingerprint density at radius 2 is 1.55 bits per heavy atom. The van der Waals surface area contributed by atoms with Gasteiger partial charge in [-0.2, -0.15) is 0 Å². The Labute approximate surface area is 170 Å². The van der Waals surface area contributed by atoms with Crippen molar-refractivity contribution in [2.75, 3.05) is 6.61 Å². The van der Waals surface area contributed by atoms with Gasteiger partial charge in [-0.25, -0.2) is 4.79 Å². The van der Waals surface area contributed by atoms with E-state index in [0.717, 1.165) is 5.56 Å². The van der Waals surface area contributed by atoms with E-state index in [0.29, 0.717) is 11.3 Å². The van der Waals surface area contributed by atoms with E-state index in [4.69, 9.17) is 9.47 Å². The van der Waals surface area contributed by atoms with Crippen molar-refractivity contribution in [1.29, 1.82) is 0 Å². The van der Waals surface area contributed by atoms with Crippen molar-refractivity contribution in [3.05, 3.63) is 65.7 Å². The molecule has 0 bridgehead atoms. The summed E-state index contributed by atoms with van der Waals surface area (Å²) in [5.74, 6) is -1.29. The van der Waals surface area contributed by atoms with Gasteiger partial charge in [0.15, 0.2) is 12.7 Å². The van der Waals surface area contributed by atoms with Gasteiger partial charge in [-0.15, -0.1) is 0 Å². The number of nitrogens with one attached hydrogen (secondary N) is 2. The Bertz CT molecular complexity index is 842. The van der Waals surface area contributed by atoms with Crippen LogP contribution in [0.1, 0.15) is 43.6 Å². The van der Waals surface area contributed by atoms with Crippen molar-refractivity contribution in [2.24, 2.45) is 0 Å². The molecule has 29 heavy (non-hydrogen) atoms. The Morgan fingerprint density at radius 3 is 2.14 bits per heavy atom. The van der Waals surface area contributed by atoms with E-state index >= 15 is 0 Å². The summed E-state index contributed by atoms with van der Waals surface area (Å²) >= 11 is 0. The Hall–Kier alpha value is -3.35. The van der Waals surface area contributed by atoms with Gasteiger partial charge >= 0.3 is 5.97 Å². The van der Waals surface area contributed by atoms with Crippen LogP contribution in [0.5, 0.6) is 5.75 Å². The first-order chi connectivity index (χ1) is 13.7. The number of carbonyl (C=O) groups excluding carboxylic acids is 3. The van der Waals surface area contributed by atoms with Crippen molar-refractivity contribution in [3.63, 3.8) is 0 Å². The van der Waals surface area contributed by atoms with E-state index in [-0.39, 0.29) is 12.0 Å². The maximum atomic E-state index is 12.0. The summed E-state index contributed by atoms with van der Waals surface area (Å²) in [5.41, 5.74) is 6.06. The SMILES string of the molecule is C[C@H](OC(=O)COc1ccc(C(C)(C)C)cc1)C(=O)NNC(=O)c1ccccc1. The summed E-state index contributed by atoms with van der Waals surface area (Å²) in [6.45, 7) is 7.39. The maximum Gasteiger partial charge on any atom is 0.344 e. The van der Waals surface area contributed by atoms with Gasteiger partial charge in [0, 0.05) is 5.56 Å². The van der Waals surface area contributed by atoms with E-state index < -0.39 is 23.9 Å². The van der Waals surface area contributed by atoms with Crippen LogP contribution in [0.15, 0.2) is 54.6 Å². The molecule has 2 aromatic rings. The smallest absolute Gasteiger partial charge is 0.344 e. The summed E-state index contributed by atoms with van der Waals surface area (Å²) in [6, 6.07) is 15.8. The fourth-order valence-electron chi connectivity index (χ4n) is 2.36. The van der Waals surface area contributed by atoms with Gasteiger partial charge in [-0.3, -0.25) is 20.4 Å². The highest BCUT2D eigenvalue weighted by Crippen LogP contribution is 2.24. The molecule has 0 saturated heterocycles. The molecule has 0 saturated carbocycles. The zero-order valence-corrected chi connectivity index (χ0v) is 17.0. The first kappa shape index (κ1) is 21.9. The lowest BCUT2D eigenvalue weighted by molar-refractivity contribution is -0.156. The molecule has 0 unspecified atom stereocenters. The van der Waals surface area contributed by atoms with Gasteiger partial charge < -0.3 is 9.47 Å². The number of amides is 2. The zero-order valence-electron chi connectivity index (χ0n) is 17.0. The molecular weight excluding hydrogens is 372 g/mol. The molecule has 2 N–H and O–H groups in total. The number of hydrogen-bond donors (Lipinski definition) is 2. The third-order valence-corrected chi connectivity index (χ3v) is 4.09. The van der Waals surface area contributed by atoms with E-state index in [1.807, 2.05) is 12.1 Å². The lowest BCUT2D eigenvalue weighted by atomic mass is 9.87.